The highest BCUT2D eigenvalue weighted by molar-refractivity contribution is 5.48. The summed E-state index contributed by atoms with van der Waals surface area (Å²) in [6.07, 6.45) is 3.10. The van der Waals surface area contributed by atoms with Crippen molar-refractivity contribution in [1.82, 2.24) is 4.98 Å². The van der Waals surface area contributed by atoms with Gasteiger partial charge in [-0.2, -0.15) is 0 Å². The van der Waals surface area contributed by atoms with Gasteiger partial charge in [-0.1, -0.05) is 18.2 Å². The van der Waals surface area contributed by atoms with Gasteiger partial charge in [0.05, 0.1) is 4.92 Å². The van der Waals surface area contributed by atoms with Crippen molar-refractivity contribution in [3.8, 4) is 0 Å². The minimum atomic E-state index is -0.451. The second-order valence-corrected chi connectivity index (χ2v) is 5.73. The number of aromatic nitrogens is 1. The highest BCUT2D eigenvalue weighted by Gasteiger charge is 2.45. The van der Waals surface area contributed by atoms with Gasteiger partial charge in [0.25, 0.3) is 5.69 Å². The summed E-state index contributed by atoms with van der Waals surface area (Å²) in [5.74, 6) is 0.389. The summed E-state index contributed by atoms with van der Waals surface area (Å²) in [4.78, 5) is 14.4. The molecule has 1 aromatic carbocycles. The van der Waals surface area contributed by atoms with Crippen LogP contribution in [0.2, 0.25) is 0 Å². The molecule has 3 rings (SSSR count). The molecule has 5 nitrogen and oxygen atoms in total. The molecule has 1 N–H and O–H groups in total. The first-order valence-electron chi connectivity index (χ1n) is 7.12. The zero-order valence-electron chi connectivity index (χ0n) is 12.2. The van der Waals surface area contributed by atoms with Gasteiger partial charge in [0, 0.05) is 17.5 Å². The monoisotopic (exact) mass is 301 g/mol. The van der Waals surface area contributed by atoms with Crippen LogP contribution in [0.25, 0.3) is 0 Å². The third-order valence-corrected chi connectivity index (χ3v) is 4.19. The molecule has 0 radical (unpaired) electrons. The Labute approximate surface area is 127 Å². The molecule has 0 atom stereocenters. The average Bonchev–Trinajstić information content (AvgIpc) is 3.26. The Morgan fingerprint density at radius 1 is 1.41 bits per heavy atom. The maximum absolute atomic E-state index is 13.9. The molecule has 1 aliphatic carbocycles. The number of halogens is 1. The second kappa shape index (κ2) is 5.36. The van der Waals surface area contributed by atoms with E-state index < -0.39 is 4.92 Å². The van der Waals surface area contributed by atoms with Crippen molar-refractivity contribution in [1.29, 1.82) is 0 Å². The molecule has 1 saturated carbocycles. The van der Waals surface area contributed by atoms with E-state index in [4.69, 9.17) is 0 Å². The van der Waals surface area contributed by atoms with Gasteiger partial charge in [0.15, 0.2) is 0 Å². The molecule has 0 spiro atoms. The highest BCUT2D eigenvalue weighted by atomic mass is 19.1. The van der Waals surface area contributed by atoms with E-state index in [2.05, 4.69) is 10.3 Å². The van der Waals surface area contributed by atoms with Crippen LogP contribution in [-0.2, 0) is 5.41 Å². The van der Waals surface area contributed by atoms with Gasteiger partial charge in [-0.05, 0) is 37.5 Å². The smallest absolute Gasteiger partial charge is 0.290 e. The Balaban J connectivity index is 1.74. The standard InChI is InChI=1S/C16H16FN3O2/c1-11-8-15(18-9-14(11)20(21)22)19-10-16(6-7-16)12-4-2-3-5-13(12)17/h2-5,8-9H,6-7,10H2,1H3,(H,18,19). The molecule has 0 amide bonds. The van der Waals surface area contributed by atoms with E-state index in [0.717, 1.165) is 18.4 Å². The van der Waals surface area contributed by atoms with Crippen LogP contribution >= 0.6 is 0 Å². The Kier molecular flexibility index (Phi) is 3.52. The van der Waals surface area contributed by atoms with Crippen molar-refractivity contribution >= 4 is 11.5 Å². The zero-order valence-corrected chi connectivity index (χ0v) is 12.2. The Morgan fingerprint density at radius 2 is 2.14 bits per heavy atom. The second-order valence-electron chi connectivity index (χ2n) is 5.73. The van der Waals surface area contributed by atoms with Crippen molar-refractivity contribution in [3.63, 3.8) is 0 Å². The summed E-state index contributed by atoms with van der Waals surface area (Å²) in [6.45, 7) is 2.24. The average molecular weight is 301 g/mol. The summed E-state index contributed by atoms with van der Waals surface area (Å²) < 4.78 is 13.9. The fraction of sp³-hybridized carbons (Fsp3) is 0.312. The number of nitrogens with zero attached hydrogens (tertiary/aromatic N) is 2. The van der Waals surface area contributed by atoms with Crippen LogP contribution in [0.5, 0.6) is 0 Å². The van der Waals surface area contributed by atoms with Crippen molar-refractivity contribution in [3.05, 3.63) is 63.6 Å². The van der Waals surface area contributed by atoms with E-state index >= 15 is 0 Å². The van der Waals surface area contributed by atoms with Gasteiger partial charge in [-0.25, -0.2) is 9.37 Å². The predicted molar refractivity (Wildman–Crippen MR) is 81.4 cm³/mol. The van der Waals surface area contributed by atoms with Crippen LogP contribution in [0.1, 0.15) is 24.0 Å². The van der Waals surface area contributed by atoms with Crippen molar-refractivity contribution in [2.75, 3.05) is 11.9 Å². The summed E-state index contributed by atoms with van der Waals surface area (Å²) in [6, 6.07) is 8.47. The molecule has 0 bridgehead atoms. The zero-order chi connectivity index (χ0) is 15.7. The normalized spacial score (nSPS) is 15.4. The molecule has 1 aliphatic rings. The van der Waals surface area contributed by atoms with Crippen LogP contribution in [0.15, 0.2) is 36.5 Å². The molecule has 1 aromatic heterocycles. The lowest BCUT2D eigenvalue weighted by atomic mass is 9.95. The first-order valence-corrected chi connectivity index (χ1v) is 7.12. The third kappa shape index (κ3) is 2.64. The number of hydrogen-bond acceptors (Lipinski definition) is 4. The minimum Gasteiger partial charge on any atom is -0.369 e. The van der Waals surface area contributed by atoms with Crippen molar-refractivity contribution < 1.29 is 9.31 Å². The molecule has 0 aliphatic heterocycles. The van der Waals surface area contributed by atoms with E-state index in [0.29, 0.717) is 17.9 Å². The number of rotatable bonds is 5. The lowest BCUT2D eigenvalue weighted by Gasteiger charge is -2.17. The number of pyridine rings is 1. The largest absolute Gasteiger partial charge is 0.369 e. The topological polar surface area (TPSA) is 68.1 Å². The molecule has 1 heterocycles. The minimum absolute atomic E-state index is 0.000731. The summed E-state index contributed by atoms with van der Waals surface area (Å²) in [7, 11) is 0. The SMILES string of the molecule is Cc1cc(NCC2(c3ccccc3F)CC2)ncc1[N+](=O)[O-]. The summed E-state index contributed by atoms with van der Waals surface area (Å²) in [5.41, 5.74) is 1.09. The number of anilines is 1. The van der Waals surface area contributed by atoms with Crippen LogP contribution in [-0.4, -0.2) is 16.5 Å². The molecule has 22 heavy (non-hydrogen) atoms. The van der Waals surface area contributed by atoms with Crippen molar-refractivity contribution in [2.45, 2.75) is 25.2 Å². The quantitative estimate of drug-likeness (QED) is 0.677. The molecule has 0 saturated heterocycles. The molecule has 1 fully saturated rings. The lowest BCUT2D eigenvalue weighted by molar-refractivity contribution is -0.385. The van der Waals surface area contributed by atoms with E-state index in [1.165, 1.54) is 12.3 Å². The Hall–Kier alpha value is -2.50. The van der Waals surface area contributed by atoms with Crippen LogP contribution in [0.4, 0.5) is 15.9 Å². The Morgan fingerprint density at radius 3 is 2.73 bits per heavy atom. The molecule has 0 unspecified atom stereocenters. The third-order valence-electron chi connectivity index (χ3n) is 4.19. The number of aryl methyl sites for hydroxylation is 1. The van der Waals surface area contributed by atoms with E-state index in [-0.39, 0.29) is 16.9 Å². The van der Waals surface area contributed by atoms with Crippen LogP contribution < -0.4 is 5.32 Å². The number of hydrogen-bond donors (Lipinski definition) is 1. The summed E-state index contributed by atoms with van der Waals surface area (Å²) >= 11 is 0. The van der Waals surface area contributed by atoms with Crippen molar-refractivity contribution in [2.24, 2.45) is 0 Å². The van der Waals surface area contributed by atoms with Gasteiger partial charge in [0.2, 0.25) is 0 Å². The fourth-order valence-electron chi connectivity index (χ4n) is 2.68. The van der Waals surface area contributed by atoms with E-state index in [9.17, 15) is 14.5 Å². The van der Waals surface area contributed by atoms with Crippen LogP contribution in [0.3, 0.4) is 0 Å². The predicted octanol–water partition coefficient (Wildman–Crippen LogP) is 3.58. The maximum atomic E-state index is 13.9. The number of nitrogens with one attached hydrogen (secondary N) is 1. The molecule has 114 valence electrons. The van der Waals surface area contributed by atoms with Gasteiger partial charge in [0.1, 0.15) is 17.8 Å². The Bertz CT molecular complexity index is 729. The molecule has 6 heteroatoms. The highest BCUT2D eigenvalue weighted by Crippen LogP contribution is 2.48. The van der Waals surface area contributed by atoms with Gasteiger partial charge in [-0.15, -0.1) is 0 Å². The first kappa shape index (κ1) is 14.4. The first-order chi connectivity index (χ1) is 10.5. The molecular weight excluding hydrogens is 285 g/mol. The summed E-state index contributed by atoms with van der Waals surface area (Å²) in [5, 5.41) is 14.0. The van der Waals surface area contributed by atoms with Crippen LogP contribution in [0, 0.1) is 22.9 Å². The van der Waals surface area contributed by atoms with Gasteiger partial charge < -0.3 is 5.32 Å². The van der Waals surface area contributed by atoms with Gasteiger partial charge >= 0.3 is 0 Å². The van der Waals surface area contributed by atoms with E-state index in [1.54, 1.807) is 19.1 Å². The lowest BCUT2D eigenvalue weighted by Crippen LogP contribution is -2.21. The number of benzene rings is 1. The van der Waals surface area contributed by atoms with Gasteiger partial charge in [-0.3, -0.25) is 10.1 Å². The fourth-order valence-corrected chi connectivity index (χ4v) is 2.68. The van der Waals surface area contributed by atoms with E-state index in [1.807, 2.05) is 12.1 Å². The number of nitro groups is 1. The maximum Gasteiger partial charge on any atom is 0.290 e. The molecular formula is C16H16FN3O2. The molecule has 2 aromatic rings.